The topological polar surface area (TPSA) is 49.3 Å². The third-order valence-electron chi connectivity index (χ3n) is 4.87. The molecule has 18 heavy (non-hydrogen) atoms. The highest BCUT2D eigenvalue weighted by atomic mass is 16.3. The molecule has 1 unspecified atom stereocenters. The Morgan fingerprint density at radius 2 is 1.83 bits per heavy atom. The Morgan fingerprint density at radius 3 is 2.39 bits per heavy atom. The molecule has 0 saturated heterocycles. The van der Waals surface area contributed by atoms with Crippen LogP contribution in [0.2, 0.25) is 0 Å². The fourth-order valence-electron chi connectivity index (χ4n) is 3.53. The summed E-state index contributed by atoms with van der Waals surface area (Å²) in [5.41, 5.74) is -0.518. The lowest BCUT2D eigenvalue weighted by Gasteiger charge is -2.33. The molecule has 0 bridgehead atoms. The quantitative estimate of drug-likeness (QED) is 0.812. The molecule has 2 fully saturated rings. The first kappa shape index (κ1) is 13.9. The van der Waals surface area contributed by atoms with Crippen molar-refractivity contribution in [3.63, 3.8) is 0 Å². The molecule has 0 spiro atoms. The van der Waals surface area contributed by atoms with Gasteiger partial charge in [-0.1, -0.05) is 39.5 Å². The van der Waals surface area contributed by atoms with Crippen molar-refractivity contribution in [3.8, 4) is 0 Å². The van der Waals surface area contributed by atoms with Gasteiger partial charge in [0.05, 0.1) is 12.0 Å². The number of nitrogens with one attached hydrogen (secondary N) is 1. The molecule has 3 nitrogen and oxygen atoms in total. The monoisotopic (exact) mass is 253 g/mol. The Balaban J connectivity index is 1.85. The van der Waals surface area contributed by atoms with Crippen LogP contribution in [0, 0.1) is 5.41 Å². The van der Waals surface area contributed by atoms with Gasteiger partial charge < -0.3 is 10.4 Å². The van der Waals surface area contributed by atoms with E-state index in [2.05, 4.69) is 19.2 Å². The summed E-state index contributed by atoms with van der Waals surface area (Å²) in [4.78, 5) is 12.1. The van der Waals surface area contributed by atoms with Crippen LogP contribution >= 0.6 is 0 Å². The van der Waals surface area contributed by atoms with Crippen molar-refractivity contribution in [2.24, 2.45) is 5.41 Å². The summed E-state index contributed by atoms with van der Waals surface area (Å²) in [6.45, 7) is 4.44. The van der Waals surface area contributed by atoms with E-state index in [4.69, 9.17) is 0 Å². The first-order valence-corrected chi connectivity index (χ1v) is 7.43. The molecule has 0 heterocycles. The normalized spacial score (nSPS) is 30.1. The summed E-state index contributed by atoms with van der Waals surface area (Å²) in [6, 6.07) is 0.289. The average Bonchev–Trinajstić information content (AvgIpc) is 2.58. The Kier molecular flexibility index (Phi) is 4.00. The summed E-state index contributed by atoms with van der Waals surface area (Å²) in [6.07, 6.45) is 8.63. The van der Waals surface area contributed by atoms with Crippen molar-refractivity contribution in [3.05, 3.63) is 0 Å². The number of carbonyl (C=O) groups excluding carboxylic acids is 1. The van der Waals surface area contributed by atoms with E-state index in [1.54, 1.807) is 0 Å². The molecule has 2 saturated carbocycles. The number of hydrogen-bond donors (Lipinski definition) is 2. The van der Waals surface area contributed by atoms with Crippen LogP contribution in [0.15, 0.2) is 0 Å². The third kappa shape index (κ3) is 3.25. The number of aliphatic hydroxyl groups is 1. The summed E-state index contributed by atoms with van der Waals surface area (Å²) < 4.78 is 0. The van der Waals surface area contributed by atoms with E-state index in [0.717, 1.165) is 32.1 Å². The molecule has 2 N–H and O–H groups in total. The van der Waals surface area contributed by atoms with Gasteiger partial charge in [0.2, 0.25) is 5.91 Å². The smallest absolute Gasteiger partial charge is 0.223 e. The minimum atomic E-state index is -0.731. The molecule has 0 aromatic carbocycles. The molecule has 3 heteroatoms. The minimum Gasteiger partial charge on any atom is -0.389 e. The van der Waals surface area contributed by atoms with E-state index >= 15 is 0 Å². The van der Waals surface area contributed by atoms with Crippen molar-refractivity contribution < 1.29 is 9.90 Å². The molecule has 0 radical (unpaired) electrons. The first-order chi connectivity index (χ1) is 8.41. The molecular formula is C15H27NO2. The van der Waals surface area contributed by atoms with Gasteiger partial charge in [0, 0.05) is 6.04 Å². The standard InChI is InChI=1S/C15H27NO2/c1-14(2)8-6-7-12(14)16-13(17)11-15(18)9-4-3-5-10-15/h12,18H,3-11H2,1-2H3,(H,16,17). The maximum absolute atomic E-state index is 12.1. The zero-order valence-corrected chi connectivity index (χ0v) is 11.8. The molecule has 1 atom stereocenters. The van der Waals surface area contributed by atoms with Gasteiger partial charge in [-0.15, -0.1) is 0 Å². The largest absolute Gasteiger partial charge is 0.389 e. The highest BCUT2D eigenvalue weighted by molar-refractivity contribution is 5.77. The third-order valence-corrected chi connectivity index (χ3v) is 4.87. The summed E-state index contributed by atoms with van der Waals surface area (Å²) in [5.74, 6) is 0.0411. The van der Waals surface area contributed by atoms with Crippen LogP contribution in [0.1, 0.15) is 71.6 Å². The molecule has 2 aliphatic rings. The van der Waals surface area contributed by atoms with E-state index in [0.29, 0.717) is 6.42 Å². The maximum atomic E-state index is 12.1. The summed E-state index contributed by atoms with van der Waals surface area (Å²) >= 11 is 0. The van der Waals surface area contributed by atoms with Gasteiger partial charge in [-0.2, -0.15) is 0 Å². The molecule has 1 amide bonds. The van der Waals surface area contributed by atoms with Gasteiger partial charge in [-0.25, -0.2) is 0 Å². The Bertz CT molecular complexity index is 306. The lowest BCUT2D eigenvalue weighted by Crippen LogP contribution is -2.45. The van der Waals surface area contributed by atoms with Crippen LogP contribution in [0.5, 0.6) is 0 Å². The van der Waals surface area contributed by atoms with Crippen molar-refractivity contribution in [2.75, 3.05) is 0 Å². The molecule has 0 aromatic rings. The molecular weight excluding hydrogens is 226 g/mol. The fourth-order valence-corrected chi connectivity index (χ4v) is 3.53. The predicted molar refractivity (Wildman–Crippen MR) is 72.2 cm³/mol. The highest BCUT2D eigenvalue weighted by Gasteiger charge is 2.37. The molecule has 2 aliphatic carbocycles. The number of amides is 1. The van der Waals surface area contributed by atoms with E-state index in [1.165, 1.54) is 19.3 Å². The number of carbonyl (C=O) groups is 1. The second-order valence-corrected chi connectivity index (χ2v) is 6.96. The van der Waals surface area contributed by atoms with Crippen LogP contribution in [-0.2, 0) is 4.79 Å². The Labute approximate surface area is 110 Å². The van der Waals surface area contributed by atoms with Crippen LogP contribution in [-0.4, -0.2) is 22.7 Å². The van der Waals surface area contributed by atoms with Crippen molar-refractivity contribution in [1.82, 2.24) is 5.32 Å². The van der Waals surface area contributed by atoms with Crippen LogP contribution < -0.4 is 5.32 Å². The fraction of sp³-hybridized carbons (Fsp3) is 0.933. The van der Waals surface area contributed by atoms with E-state index in [1.807, 2.05) is 0 Å². The zero-order chi connectivity index (χ0) is 13.2. The molecule has 0 aromatic heterocycles. The van der Waals surface area contributed by atoms with Crippen molar-refractivity contribution in [1.29, 1.82) is 0 Å². The van der Waals surface area contributed by atoms with E-state index < -0.39 is 5.60 Å². The molecule has 2 rings (SSSR count). The first-order valence-electron chi connectivity index (χ1n) is 7.43. The predicted octanol–water partition coefficient (Wildman–Crippen LogP) is 2.77. The minimum absolute atomic E-state index is 0.0411. The van der Waals surface area contributed by atoms with E-state index in [9.17, 15) is 9.90 Å². The number of hydrogen-bond acceptors (Lipinski definition) is 2. The van der Waals surface area contributed by atoms with Gasteiger partial charge >= 0.3 is 0 Å². The summed E-state index contributed by atoms with van der Waals surface area (Å²) in [5, 5.41) is 13.5. The van der Waals surface area contributed by atoms with Crippen LogP contribution in [0.4, 0.5) is 0 Å². The van der Waals surface area contributed by atoms with Gasteiger partial charge in [-0.05, 0) is 31.1 Å². The Hall–Kier alpha value is -0.570. The second kappa shape index (κ2) is 5.20. The Morgan fingerprint density at radius 1 is 1.17 bits per heavy atom. The van der Waals surface area contributed by atoms with Crippen LogP contribution in [0.25, 0.3) is 0 Å². The van der Waals surface area contributed by atoms with Crippen molar-refractivity contribution in [2.45, 2.75) is 83.3 Å². The van der Waals surface area contributed by atoms with Gasteiger partial charge in [0.1, 0.15) is 0 Å². The lowest BCUT2D eigenvalue weighted by molar-refractivity contribution is -0.128. The highest BCUT2D eigenvalue weighted by Crippen LogP contribution is 2.37. The number of rotatable bonds is 3. The second-order valence-electron chi connectivity index (χ2n) is 6.96. The van der Waals surface area contributed by atoms with Crippen molar-refractivity contribution >= 4 is 5.91 Å². The van der Waals surface area contributed by atoms with Crippen LogP contribution in [0.3, 0.4) is 0 Å². The summed E-state index contributed by atoms with van der Waals surface area (Å²) in [7, 11) is 0. The average molecular weight is 253 g/mol. The molecule has 0 aliphatic heterocycles. The molecule has 104 valence electrons. The van der Waals surface area contributed by atoms with E-state index in [-0.39, 0.29) is 17.4 Å². The SMILES string of the molecule is CC1(C)CCCC1NC(=O)CC1(O)CCCCC1. The van der Waals surface area contributed by atoms with Gasteiger partial charge in [-0.3, -0.25) is 4.79 Å². The maximum Gasteiger partial charge on any atom is 0.223 e. The zero-order valence-electron chi connectivity index (χ0n) is 11.8. The lowest BCUT2D eigenvalue weighted by atomic mass is 9.82. The van der Waals surface area contributed by atoms with Gasteiger partial charge in [0.15, 0.2) is 0 Å². The van der Waals surface area contributed by atoms with Gasteiger partial charge in [0.25, 0.3) is 0 Å².